The molecule has 0 radical (unpaired) electrons. The van der Waals surface area contributed by atoms with Gasteiger partial charge < -0.3 is 4.74 Å². The van der Waals surface area contributed by atoms with E-state index >= 15 is 0 Å². The van der Waals surface area contributed by atoms with Crippen LogP contribution in [0.4, 0.5) is 0 Å². The van der Waals surface area contributed by atoms with Gasteiger partial charge in [0.1, 0.15) is 5.82 Å². The molecule has 0 saturated carbocycles. The monoisotopic (exact) mass is 374 g/mol. The predicted octanol–water partition coefficient (Wildman–Crippen LogP) is 0.925. The summed E-state index contributed by atoms with van der Waals surface area (Å²) in [6.45, 7) is 0.657. The van der Waals surface area contributed by atoms with Gasteiger partial charge in [0.15, 0.2) is 0 Å². The fourth-order valence-electron chi connectivity index (χ4n) is 1.90. The Bertz CT molecular complexity index is 730. The molecule has 2 aromatic rings. The Morgan fingerprint density at radius 1 is 1.38 bits per heavy atom. The summed E-state index contributed by atoms with van der Waals surface area (Å²) in [4.78, 5) is 0. The minimum absolute atomic E-state index is 0.246. The summed E-state index contributed by atoms with van der Waals surface area (Å²) in [5.74, 6) is 0.522. The molecular formula is C12H15BrN4O3S. The number of methoxy groups -OCH3 is 1. The molecule has 1 heterocycles. The van der Waals surface area contributed by atoms with Gasteiger partial charge in [0, 0.05) is 24.5 Å². The van der Waals surface area contributed by atoms with Gasteiger partial charge in [-0.3, -0.25) is 4.57 Å². The fourth-order valence-corrected chi connectivity index (χ4v) is 3.00. The molecule has 2 N–H and O–H groups in total. The molecule has 0 atom stereocenters. The van der Waals surface area contributed by atoms with E-state index in [2.05, 4.69) is 26.1 Å². The van der Waals surface area contributed by atoms with Crippen LogP contribution in [0.3, 0.4) is 0 Å². The van der Waals surface area contributed by atoms with Crippen LogP contribution in [0.15, 0.2) is 33.9 Å². The number of ether oxygens (including phenoxy) is 1. The SMILES string of the molecule is COCCn1c(Cc2cccc(Br)c2)nnc1S(N)(=O)=O. The fraction of sp³-hybridized carbons (Fsp3) is 0.333. The zero-order valence-corrected chi connectivity index (χ0v) is 13.8. The van der Waals surface area contributed by atoms with Crippen LogP contribution < -0.4 is 5.14 Å². The van der Waals surface area contributed by atoms with E-state index in [0.717, 1.165) is 10.0 Å². The van der Waals surface area contributed by atoms with Crippen molar-refractivity contribution in [1.82, 2.24) is 14.8 Å². The quantitative estimate of drug-likeness (QED) is 0.810. The van der Waals surface area contributed by atoms with Crippen molar-refractivity contribution in [3.05, 3.63) is 40.1 Å². The first kappa shape index (κ1) is 16.1. The maximum Gasteiger partial charge on any atom is 0.273 e. The number of nitrogens with two attached hydrogens (primary N) is 1. The molecular weight excluding hydrogens is 360 g/mol. The number of hydrogen-bond donors (Lipinski definition) is 1. The van der Waals surface area contributed by atoms with Crippen molar-refractivity contribution < 1.29 is 13.2 Å². The Kier molecular flexibility index (Phi) is 5.09. The maximum absolute atomic E-state index is 11.5. The molecule has 9 heteroatoms. The summed E-state index contributed by atoms with van der Waals surface area (Å²) in [6.07, 6.45) is 0.450. The molecule has 0 spiro atoms. The maximum atomic E-state index is 11.5. The zero-order valence-electron chi connectivity index (χ0n) is 11.4. The first-order chi connectivity index (χ1) is 9.91. The van der Waals surface area contributed by atoms with Crippen molar-refractivity contribution in [1.29, 1.82) is 0 Å². The van der Waals surface area contributed by atoms with E-state index < -0.39 is 10.0 Å². The average Bonchev–Trinajstić information content (AvgIpc) is 2.79. The highest BCUT2D eigenvalue weighted by Gasteiger charge is 2.21. The van der Waals surface area contributed by atoms with E-state index in [4.69, 9.17) is 9.88 Å². The second-order valence-corrected chi connectivity index (χ2v) is 6.77. The van der Waals surface area contributed by atoms with Crippen LogP contribution in [0, 0.1) is 0 Å². The third-order valence-corrected chi connectivity index (χ3v) is 4.12. The third kappa shape index (κ3) is 4.10. The Morgan fingerprint density at radius 2 is 2.14 bits per heavy atom. The van der Waals surface area contributed by atoms with Crippen LogP contribution in [0.25, 0.3) is 0 Å². The molecule has 0 saturated heterocycles. The van der Waals surface area contributed by atoms with E-state index in [-0.39, 0.29) is 5.16 Å². The lowest BCUT2D eigenvalue weighted by Gasteiger charge is -2.09. The summed E-state index contributed by atoms with van der Waals surface area (Å²) in [7, 11) is -2.38. The lowest BCUT2D eigenvalue weighted by atomic mass is 10.1. The topological polar surface area (TPSA) is 100 Å². The van der Waals surface area contributed by atoms with E-state index in [9.17, 15) is 8.42 Å². The molecule has 0 aliphatic carbocycles. The number of hydrogen-bond acceptors (Lipinski definition) is 5. The van der Waals surface area contributed by atoms with Gasteiger partial charge in [-0.2, -0.15) is 0 Å². The van der Waals surface area contributed by atoms with Crippen LogP contribution >= 0.6 is 15.9 Å². The number of sulfonamides is 1. The van der Waals surface area contributed by atoms with Crippen molar-refractivity contribution in [3.63, 3.8) is 0 Å². The van der Waals surface area contributed by atoms with Crippen molar-refractivity contribution in [2.45, 2.75) is 18.1 Å². The Balaban J connectivity index is 2.37. The van der Waals surface area contributed by atoms with Gasteiger partial charge in [0.25, 0.3) is 15.2 Å². The predicted molar refractivity (Wildman–Crippen MR) is 80.2 cm³/mol. The standard InChI is InChI=1S/C12H15BrN4O3S/c1-20-6-5-17-11(15-16-12(17)21(14,18)19)8-9-3-2-4-10(13)7-9/h2-4,7H,5-6,8H2,1H3,(H2,14,18,19). The molecule has 2 rings (SSSR count). The van der Waals surface area contributed by atoms with Crippen molar-refractivity contribution in [2.75, 3.05) is 13.7 Å². The molecule has 7 nitrogen and oxygen atoms in total. The average molecular weight is 375 g/mol. The van der Waals surface area contributed by atoms with Crippen LogP contribution in [0.1, 0.15) is 11.4 Å². The summed E-state index contributed by atoms with van der Waals surface area (Å²) in [5, 5.41) is 12.5. The van der Waals surface area contributed by atoms with E-state index in [0.29, 0.717) is 25.4 Å². The second kappa shape index (κ2) is 6.65. The number of nitrogens with zero attached hydrogens (tertiary/aromatic N) is 3. The minimum atomic E-state index is -3.92. The first-order valence-corrected chi connectivity index (χ1v) is 8.44. The van der Waals surface area contributed by atoms with Crippen LogP contribution in [0.2, 0.25) is 0 Å². The van der Waals surface area contributed by atoms with Crippen molar-refractivity contribution in [3.8, 4) is 0 Å². The molecule has 0 fully saturated rings. The Morgan fingerprint density at radius 3 is 2.76 bits per heavy atom. The molecule has 0 bridgehead atoms. The van der Waals surface area contributed by atoms with Gasteiger partial charge in [0.2, 0.25) is 0 Å². The van der Waals surface area contributed by atoms with Gasteiger partial charge in [-0.1, -0.05) is 28.1 Å². The zero-order chi connectivity index (χ0) is 15.5. The molecule has 21 heavy (non-hydrogen) atoms. The van der Waals surface area contributed by atoms with Gasteiger partial charge in [-0.15, -0.1) is 10.2 Å². The number of benzene rings is 1. The highest BCUT2D eigenvalue weighted by molar-refractivity contribution is 9.10. The largest absolute Gasteiger partial charge is 0.383 e. The number of primary sulfonamides is 1. The summed E-state index contributed by atoms with van der Waals surface area (Å²) in [6, 6.07) is 7.67. The van der Waals surface area contributed by atoms with Gasteiger partial charge >= 0.3 is 0 Å². The lowest BCUT2D eigenvalue weighted by Crippen LogP contribution is -2.21. The van der Waals surface area contributed by atoms with Gasteiger partial charge in [-0.25, -0.2) is 13.6 Å². The van der Waals surface area contributed by atoms with E-state index in [1.54, 1.807) is 0 Å². The molecule has 1 aromatic carbocycles. The molecule has 1 aromatic heterocycles. The normalized spacial score (nSPS) is 11.8. The second-order valence-electron chi connectivity index (χ2n) is 4.39. The first-order valence-electron chi connectivity index (χ1n) is 6.10. The van der Waals surface area contributed by atoms with Crippen LogP contribution in [-0.2, 0) is 27.7 Å². The smallest absolute Gasteiger partial charge is 0.273 e. The molecule has 0 amide bonds. The van der Waals surface area contributed by atoms with Crippen molar-refractivity contribution in [2.24, 2.45) is 5.14 Å². The highest BCUT2D eigenvalue weighted by atomic mass is 79.9. The summed E-state index contributed by atoms with van der Waals surface area (Å²) < 4.78 is 30.5. The highest BCUT2D eigenvalue weighted by Crippen LogP contribution is 2.16. The van der Waals surface area contributed by atoms with E-state index in [1.165, 1.54) is 11.7 Å². The number of aromatic nitrogens is 3. The molecule has 0 aliphatic rings. The van der Waals surface area contributed by atoms with Gasteiger partial charge in [-0.05, 0) is 17.7 Å². The Labute approximate surface area is 131 Å². The number of rotatable bonds is 6. The Hall–Kier alpha value is -1.29. The van der Waals surface area contributed by atoms with Gasteiger partial charge in [0.05, 0.1) is 6.61 Å². The lowest BCUT2D eigenvalue weighted by molar-refractivity contribution is 0.183. The van der Waals surface area contributed by atoms with E-state index in [1.807, 2.05) is 24.3 Å². The molecule has 114 valence electrons. The van der Waals surface area contributed by atoms with Crippen LogP contribution in [0.5, 0.6) is 0 Å². The molecule has 0 unspecified atom stereocenters. The molecule has 0 aliphatic heterocycles. The third-order valence-electron chi connectivity index (χ3n) is 2.82. The summed E-state index contributed by atoms with van der Waals surface area (Å²) in [5.41, 5.74) is 0.983. The van der Waals surface area contributed by atoms with Crippen molar-refractivity contribution >= 4 is 26.0 Å². The van der Waals surface area contributed by atoms with Crippen LogP contribution in [-0.4, -0.2) is 36.9 Å². The minimum Gasteiger partial charge on any atom is -0.383 e. The summed E-state index contributed by atoms with van der Waals surface area (Å²) >= 11 is 3.39. The number of halogens is 1.